The first kappa shape index (κ1) is 15.7. The van der Waals surface area contributed by atoms with Gasteiger partial charge in [0.15, 0.2) is 12.1 Å². The summed E-state index contributed by atoms with van der Waals surface area (Å²) in [6, 6.07) is 2.35. The standard InChI is InChI=1S/C15H25NO4/c1-6-9-7-10(11(8-16)14(17-4)18-5)13-12(9)19-15(2,3)20-13/h9-14H,6-7H2,1-5H3/t9-,10?,11?,12+,13-/m0/s1. The highest BCUT2D eigenvalue weighted by molar-refractivity contribution is 5.05. The number of nitrogens with zero attached hydrogens (tertiary/aromatic N) is 1. The molecular weight excluding hydrogens is 258 g/mol. The van der Waals surface area contributed by atoms with Crippen LogP contribution in [0.1, 0.15) is 33.6 Å². The molecule has 0 aromatic rings. The molecule has 0 amide bonds. The van der Waals surface area contributed by atoms with Crippen LogP contribution in [0.15, 0.2) is 0 Å². The van der Waals surface area contributed by atoms with Crippen molar-refractivity contribution in [2.24, 2.45) is 17.8 Å². The summed E-state index contributed by atoms with van der Waals surface area (Å²) < 4.78 is 22.7. The van der Waals surface area contributed by atoms with Crippen molar-refractivity contribution < 1.29 is 18.9 Å². The molecule has 2 rings (SSSR count). The van der Waals surface area contributed by atoms with Gasteiger partial charge in [-0.25, -0.2) is 0 Å². The topological polar surface area (TPSA) is 60.7 Å². The van der Waals surface area contributed by atoms with Crippen molar-refractivity contribution in [2.75, 3.05) is 14.2 Å². The van der Waals surface area contributed by atoms with E-state index in [4.69, 9.17) is 18.9 Å². The molecule has 1 aliphatic carbocycles. The highest BCUT2D eigenvalue weighted by Gasteiger charge is 2.56. The quantitative estimate of drug-likeness (QED) is 0.725. The monoisotopic (exact) mass is 283 g/mol. The van der Waals surface area contributed by atoms with Crippen LogP contribution in [0.2, 0.25) is 0 Å². The zero-order valence-electron chi connectivity index (χ0n) is 13.0. The van der Waals surface area contributed by atoms with Crippen LogP contribution in [0.5, 0.6) is 0 Å². The van der Waals surface area contributed by atoms with Gasteiger partial charge in [0.1, 0.15) is 5.92 Å². The highest BCUT2D eigenvalue weighted by Crippen LogP contribution is 2.49. The fourth-order valence-corrected chi connectivity index (χ4v) is 3.63. The van der Waals surface area contributed by atoms with Gasteiger partial charge in [-0.2, -0.15) is 5.26 Å². The lowest BCUT2D eigenvalue weighted by Gasteiger charge is -2.28. The van der Waals surface area contributed by atoms with E-state index in [-0.39, 0.29) is 24.0 Å². The molecule has 0 spiro atoms. The maximum Gasteiger partial charge on any atom is 0.172 e. The van der Waals surface area contributed by atoms with Gasteiger partial charge in [0.2, 0.25) is 0 Å². The molecule has 1 saturated heterocycles. The van der Waals surface area contributed by atoms with Gasteiger partial charge < -0.3 is 18.9 Å². The Morgan fingerprint density at radius 2 is 1.85 bits per heavy atom. The number of hydrogen-bond donors (Lipinski definition) is 0. The van der Waals surface area contributed by atoms with Crippen molar-refractivity contribution in [3.05, 3.63) is 0 Å². The maximum atomic E-state index is 9.52. The van der Waals surface area contributed by atoms with Crippen LogP contribution < -0.4 is 0 Å². The van der Waals surface area contributed by atoms with Gasteiger partial charge in [-0.05, 0) is 26.2 Å². The number of nitriles is 1. The van der Waals surface area contributed by atoms with Crippen LogP contribution in [0.25, 0.3) is 0 Å². The summed E-state index contributed by atoms with van der Waals surface area (Å²) in [5, 5.41) is 9.52. The molecule has 5 heteroatoms. The molecule has 2 aliphatic rings. The zero-order chi connectivity index (χ0) is 14.9. The average Bonchev–Trinajstić information content (AvgIpc) is 2.89. The lowest BCUT2D eigenvalue weighted by Crippen LogP contribution is -2.36. The number of rotatable bonds is 5. The molecule has 1 heterocycles. The normalized spacial score (nSPS) is 36.9. The molecule has 0 bridgehead atoms. The summed E-state index contributed by atoms with van der Waals surface area (Å²) in [6.45, 7) is 6.02. The molecule has 1 aliphatic heterocycles. The van der Waals surface area contributed by atoms with Gasteiger partial charge in [-0.1, -0.05) is 13.3 Å². The lowest BCUT2D eigenvalue weighted by atomic mass is 9.88. The van der Waals surface area contributed by atoms with Gasteiger partial charge in [0.25, 0.3) is 0 Å². The second-order valence-corrected chi connectivity index (χ2v) is 6.13. The fraction of sp³-hybridized carbons (Fsp3) is 0.933. The average molecular weight is 283 g/mol. The Labute approximate surface area is 121 Å². The van der Waals surface area contributed by atoms with E-state index in [1.54, 1.807) is 14.2 Å². The SMILES string of the molecule is CC[C@H]1CC(C(C#N)C(OC)OC)[C@@H]2OC(C)(C)O[C@H]12. The van der Waals surface area contributed by atoms with Gasteiger partial charge in [-0.3, -0.25) is 0 Å². The summed E-state index contributed by atoms with van der Waals surface area (Å²) in [6.07, 6.45) is 1.45. The predicted molar refractivity (Wildman–Crippen MR) is 72.6 cm³/mol. The molecule has 0 aromatic heterocycles. The van der Waals surface area contributed by atoms with Crippen LogP contribution in [0.3, 0.4) is 0 Å². The van der Waals surface area contributed by atoms with Crippen molar-refractivity contribution in [1.29, 1.82) is 5.26 Å². The number of hydrogen-bond acceptors (Lipinski definition) is 5. The summed E-state index contributed by atoms with van der Waals surface area (Å²) in [5.41, 5.74) is 0. The van der Waals surface area contributed by atoms with E-state index in [2.05, 4.69) is 13.0 Å². The van der Waals surface area contributed by atoms with Crippen molar-refractivity contribution in [2.45, 2.75) is 57.9 Å². The van der Waals surface area contributed by atoms with Crippen molar-refractivity contribution in [3.63, 3.8) is 0 Å². The molecule has 5 nitrogen and oxygen atoms in total. The molecule has 2 fully saturated rings. The van der Waals surface area contributed by atoms with E-state index >= 15 is 0 Å². The summed E-state index contributed by atoms with van der Waals surface area (Å²) in [7, 11) is 3.14. The Bertz CT molecular complexity index is 375. The molecular formula is C15H25NO4. The second kappa shape index (κ2) is 5.98. The first-order valence-corrected chi connectivity index (χ1v) is 7.28. The van der Waals surface area contributed by atoms with Crippen molar-refractivity contribution >= 4 is 0 Å². The third-order valence-electron chi connectivity index (χ3n) is 4.52. The summed E-state index contributed by atoms with van der Waals surface area (Å²) in [5.74, 6) is -0.401. The lowest BCUT2D eigenvalue weighted by molar-refractivity contribution is -0.176. The van der Waals surface area contributed by atoms with E-state index in [0.717, 1.165) is 12.8 Å². The molecule has 2 unspecified atom stereocenters. The van der Waals surface area contributed by atoms with Crippen molar-refractivity contribution in [3.8, 4) is 6.07 Å². The van der Waals surface area contributed by atoms with Crippen LogP contribution in [0, 0.1) is 29.1 Å². The van der Waals surface area contributed by atoms with Crippen LogP contribution in [-0.4, -0.2) is 38.5 Å². The maximum absolute atomic E-state index is 9.52. The first-order chi connectivity index (χ1) is 9.47. The Morgan fingerprint density at radius 1 is 1.25 bits per heavy atom. The molecule has 1 saturated carbocycles. The molecule has 0 radical (unpaired) electrons. The molecule has 114 valence electrons. The Hall–Kier alpha value is -0.670. The Kier molecular flexibility index (Phi) is 4.70. The molecule has 20 heavy (non-hydrogen) atoms. The van der Waals surface area contributed by atoms with E-state index in [1.165, 1.54) is 0 Å². The third-order valence-corrected chi connectivity index (χ3v) is 4.52. The van der Waals surface area contributed by atoms with Crippen LogP contribution >= 0.6 is 0 Å². The summed E-state index contributed by atoms with van der Waals surface area (Å²) >= 11 is 0. The number of methoxy groups -OCH3 is 2. The minimum absolute atomic E-state index is 0.0487. The largest absolute Gasteiger partial charge is 0.354 e. The highest BCUT2D eigenvalue weighted by atomic mass is 16.8. The van der Waals surface area contributed by atoms with Gasteiger partial charge in [-0.15, -0.1) is 0 Å². The molecule has 0 N–H and O–H groups in total. The van der Waals surface area contributed by atoms with E-state index < -0.39 is 12.1 Å². The van der Waals surface area contributed by atoms with E-state index in [0.29, 0.717) is 5.92 Å². The Morgan fingerprint density at radius 3 is 2.35 bits per heavy atom. The third kappa shape index (κ3) is 2.71. The van der Waals surface area contributed by atoms with Crippen LogP contribution in [0.4, 0.5) is 0 Å². The van der Waals surface area contributed by atoms with Gasteiger partial charge >= 0.3 is 0 Å². The number of ether oxygens (including phenoxy) is 4. The summed E-state index contributed by atoms with van der Waals surface area (Å²) in [4.78, 5) is 0. The Balaban J connectivity index is 2.21. The fourth-order valence-electron chi connectivity index (χ4n) is 3.63. The minimum Gasteiger partial charge on any atom is -0.354 e. The predicted octanol–water partition coefficient (Wildman–Crippen LogP) is 2.31. The van der Waals surface area contributed by atoms with Crippen molar-refractivity contribution in [1.82, 2.24) is 0 Å². The van der Waals surface area contributed by atoms with Gasteiger partial charge in [0, 0.05) is 20.1 Å². The molecule has 0 aromatic carbocycles. The first-order valence-electron chi connectivity index (χ1n) is 7.28. The number of fused-ring (bicyclic) bond motifs is 1. The van der Waals surface area contributed by atoms with E-state index in [9.17, 15) is 5.26 Å². The minimum atomic E-state index is -0.572. The second-order valence-electron chi connectivity index (χ2n) is 6.13. The zero-order valence-corrected chi connectivity index (χ0v) is 13.0. The molecule has 5 atom stereocenters. The smallest absolute Gasteiger partial charge is 0.172 e. The van der Waals surface area contributed by atoms with Crippen LogP contribution in [-0.2, 0) is 18.9 Å². The van der Waals surface area contributed by atoms with E-state index in [1.807, 2.05) is 13.8 Å². The van der Waals surface area contributed by atoms with Gasteiger partial charge in [0.05, 0.1) is 18.3 Å².